The molecule has 106 valence electrons. The van der Waals surface area contributed by atoms with Gasteiger partial charge in [-0.1, -0.05) is 28.9 Å². The Kier molecular flexibility index (Phi) is 5.11. The quantitative estimate of drug-likeness (QED) is 0.774. The number of likely N-dealkylation sites (tertiary alicyclic amines) is 1. The minimum absolute atomic E-state index is 0.632. The largest absolute Gasteiger partial charge is 0.493 e. The van der Waals surface area contributed by atoms with E-state index < -0.39 is 0 Å². The van der Waals surface area contributed by atoms with E-state index >= 15 is 0 Å². The normalized spacial score (nSPS) is 23.6. The zero-order chi connectivity index (χ0) is 13.8. The van der Waals surface area contributed by atoms with Crippen LogP contribution in [0.4, 0.5) is 0 Å². The van der Waals surface area contributed by atoms with Gasteiger partial charge in [0, 0.05) is 17.9 Å². The molecule has 0 bridgehead atoms. The minimum Gasteiger partial charge on any atom is -0.493 e. The number of nitrogens with zero attached hydrogens (tertiary/aromatic N) is 1. The van der Waals surface area contributed by atoms with E-state index in [1.165, 1.54) is 18.5 Å². The van der Waals surface area contributed by atoms with Gasteiger partial charge in [-0.2, -0.15) is 0 Å². The van der Waals surface area contributed by atoms with Crippen LogP contribution in [0.5, 0.6) is 11.5 Å². The second-order valence-electron chi connectivity index (χ2n) is 5.15. The lowest BCUT2D eigenvalue weighted by Gasteiger charge is -2.25. The van der Waals surface area contributed by atoms with E-state index in [-0.39, 0.29) is 0 Å². The van der Waals surface area contributed by atoms with Gasteiger partial charge in [-0.3, -0.25) is 4.90 Å². The average Bonchev–Trinajstić information content (AvgIpc) is 2.78. The lowest BCUT2D eigenvalue weighted by Crippen LogP contribution is -2.32. The lowest BCUT2D eigenvalue weighted by atomic mass is 10.0. The maximum atomic E-state index is 5.36. The van der Waals surface area contributed by atoms with Crippen LogP contribution < -0.4 is 9.47 Å². The molecule has 0 aliphatic carbocycles. The van der Waals surface area contributed by atoms with E-state index in [4.69, 9.17) is 9.47 Å². The molecule has 0 amide bonds. The van der Waals surface area contributed by atoms with Gasteiger partial charge in [-0.15, -0.1) is 0 Å². The van der Waals surface area contributed by atoms with E-state index in [0.717, 1.165) is 29.3 Å². The monoisotopic (exact) mass is 327 g/mol. The first-order valence-corrected chi connectivity index (χ1v) is 7.82. The number of alkyl halides is 1. The van der Waals surface area contributed by atoms with Gasteiger partial charge >= 0.3 is 0 Å². The van der Waals surface area contributed by atoms with E-state index in [9.17, 15) is 0 Å². The van der Waals surface area contributed by atoms with E-state index in [1.54, 1.807) is 14.2 Å². The predicted molar refractivity (Wildman–Crippen MR) is 81.3 cm³/mol. The number of rotatable bonds is 5. The summed E-state index contributed by atoms with van der Waals surface area (Å²) in [7, 11) is 3.35. The van der Waals surface area contributed by atoms with Gasteiger partial charge in [0.1, 0.15) is 0 Å². The second-order valence-corrected chi connectivity index (χ2v) is 5.79. The van der Waals surface area contributed by atoms with Gasteiger partial charge in [0.15, 0.2) is 11.5 Å². The highest BCUT2D eigenvalue weighted by Crippen LogP contribution is 2.31. The van der Waals surface area contributed by atoms with E-state index in [0.29, 0.717) is 6.04 Å². The van der Waals surface area contributed by atoms with Gasteiger partial charge in [0.05, 0.1) is 14.2 Å². The van der Waals surface area contributed by atoms with Crippen molar-refractivity contribution in [2.75, 3.05) is 26.1 Å². The summed E-state index contributed by atoms with van der Waals surface area (Å²) >= 11 is 3.63. The predicted octanol–water partition coefficient (Wildman–Crippen LogP) is 3.31. The summed E-state index contributed by atoms with van der Waals surface area (Å²) in [5.41, 5.74) is 1.28. The highest BCUT2D eigenvalue weighted by Gasteiger charge is 2.30. The highest BCUT2D eigenvalue weighted by molar-refractivity contribution is 9.09. The first-order valence-electron chi connectivity index (χ1n) is 6.70. The number of benzene rings is 1. The second kappa shape index (κ2) is 6.62. The van der Waals surface area contributed by atoms with Crippen molar-refractivity contribution >= 4 is 15.9 Å². The molecule has 1 aromatic rings. The molecular weight excluding hydrogens is 306 g/mol. The van der Waals surface area contributed by atoms with Crippen molar-refractivity contribution in [3.63, 3.8) is 0 Å². The summed E-state index contributed by atoms with van der Waals surface area (Å²) in [4.78, 5) is 2.54. The third-order valence-electron chi connectivity index (χ3n) is 3.99. The summed E-state index contributed by atoms with van der Waals surface area (Å²) in [5.74, 6) is 2.36. The van der Waals surface area contributed by atoms with Crippen LogP contribution in [0.25, 0.3) is 0 Å². The lowest BCUT2D eigenvalue weighted by molar-refractivity contribution is 0.244. The third kappa shape index (κ3) is 3.23. The number of ether oxygens (including phenoxy) is 2. The Morgan fingerprint density at radius 1 is 1.26 bits per heavy atom. The molecule has 4 heteroatoms. The van der Waals surface area contributed by atoms with Crippen LogP contribution in [0.2, 0.25) is 0 Å². The van der Waals surface area contributed by atoms with Crippen molar-refractivity contribution in [2.45, 2.75) is 25.9 Å². The molecule has 0 N–H and O–H groups in total. The molecule has 2 atom stereocenters. The fourth-order valence-electron chi connectivity index (χ4n) is 2.75. The van der Waals surface area contributed by atoms with E-state index in [2.05, 4.69) is 39.9 Å². The van der Waals surface area contributed by atoms with Gasteiger partial charge in [0.25, 0.3) is 0 Å². The molecule has 0 radical (unpaired) electrons. The van der Waals surface area contributed by atoms with Crippen LogP contribution in [0.3, 0.4) is 0 Å². The summed E-state index contributed by atoms with van der Waals surface area (Å²) in [6, 6.07) is 6.81. The Morgan fingerprint density at radius 3 is 2.63 bits per heavy atom. The number of hydrogen-bond acceptors (Lipinski definition) is 3. The Bertz CT molecular complexity index is 425. The molecule has 3 nitrogen and oxygen atoms in total. The molecule has 1 aliphatic heterocycles. The van der Waals surface area contributed by atoms with E-state index in [1.807, 2.05) is 6.07 Å². The zero-order valence-electron chi connectivity index (χ0n) is 11.9. The molecule has 0 aromatic heterocycles. The summed E-state index contributed by atoms with van der Waals surface area (Å²) in [5, 5.41) is 1.04. The maximum absolute atomic E-state index is 5.36. The van der Waals surface area contributed by atoms with Crippen LogP contribution >= 0.6 is 15.9 Å². The Morgan fingerprint density at radius 2 is 2.00 bits per heavy atom. The highest BCUT2D eigenvalue weighted by atomic mass is 79.9. The van der Waals surface area contributed by atoms with Crippen LogP contribution in [-0.4, -0.2) is 37.0 Å². The average molecular weight is 328 g/mol. The number of halogens is 1. The molecule has 1 aliphatic rings. The van der Waals surface area contributed by atoms with Gasteiger partial charge in [0.2, 0.25) is 0 Å². The fourth-order valence-corrected chi connectivity index (χ4v) is 3.79. The van der Waals surface area contributed by atoms with Crippen LogP contribution in [-0.2, 0) is 6.54 Å². The summed E-state index contributed by atoms with van der Waals surface area (Å²) in [6.07, 6.45) is 1.28. The van der Waals surface area contributed by atoms with Gasteiger partial charge in [-0.25, -0.2) is 0 Å². The molecule has 1 fully saturated rings. The van der Waals surface area contributed by atoms with Gasteiger partial charge < -0.3 is 9.47 Å². The maximum Gasteiger partial charge on any atom is 0.161 e. The van der Waals surface area contributed by atoms with Crippen LogP contribution in [0.15, 0.2) is 18.2 Å². The Balaban J connectivity index is 2.11. The number of methoxy groups -OCH3 is 2. The molecule has 2 unspecified atom stereocenters. The molecular formula is C15H22BrNO2. The van der Waals surface area contributed by atoms with Crippen molar-refractivity contribution < 1.29 is 9.47 Å². The number of hydrogen-bond donors (Lipinski definition) is 0. The van der Waals surface area contributed by atoms with Crippen molar-refractivity contribution in [1.29, 1.82) is 0 Å². The molecule has 2 rings (SSSR count). The summed E-state index contributed by atoms with van der Waals surface area (Å²) in [6.45, 7) is 4.48. The smallest absolute Gasteiger partial charge is 0.161 e. The molecule has 0 spiro atoms. The van der Waals surface area contributed by atoms with Crippen molar-refractivity contribution in [3.8, 4) is 11.5 Å². The fraction of sp³-hybridized carbons (Fsp3) is 0.600. The third-order valence-corrected chi connectivity index (χ3v) is 4.65. The first-order chi connectivity index (χ1) is 9.19. The molecule has 19 heavy (non-hydrogen) atoms. The zero-order valence-corrected chi connectivity index (χ0v) is 13.4. The van der Waals surface area contributed by atoms with Gasteiger partial charge in [-0.05, 0) is 36.6 Å². The molecule has 0 saturated carbocycles. The molecule has 1 aromatic carbocycles. The Hall–Kier alpha value is -0.740. The van der Waals surface area contributed by atoms with Crippen molar-refractivity contribution in [3.05, 3.63) is 23.8 Å². The van der Waals surface area contributed by atoms with Crippen LogP contribution in [0, 0.1) is 5.92 Å². The van der Waals surface area contributed by atoms with Crippen molar-refractivity contribution in [2.24, 2.45) is 5.92 Å². The molecule has 1 saturated heterocycles. The topological polar surface area (TPSA) is 21.7 Å². The Labute approximate surface area is 124 Å². The standard InChI is InChI=1S/C15H22BrNO2/c1-11-6-7-17(13(11)9-16)10-12-4-5-14(18-2)15(8-12)19-3/h4-5,8,11,13H,6-7,9-10H2,1-3H3. The van der Waals surface area contributed by atoms with Crippen molar-refractivity contribution in [1.82, 2.24) is 4.90 Å². The SMILES string of the molecule is COc1ccc(CN2CCC(C)C2CBr)cc1OC. The summed E-state index contributed by atoms with van der Waals surface area (Å²) < 4.78 is 10.6. The first kappa shape index (κ1) is 14.7. The minimum atomic E-state index is 0.632. The van der Waals surface area contributed by atoms with Crippen LogP contribution in [0.1, 0.15) is 18.9 Å². The molecule has 1 heterocycles.